The lowest BCUT2D eigenvalue weighted by molar-refractivity contribution is -0.226. The zero-order chi connectivity index (χ0) is 24.2. The molecule has 0 bridgehead atoms. The SMILES string of the molecule is COc1cc(F)c([C@](OC)(OC(C)=O)C(=O)NCc2c(F)cc(C(=N)N)cc2F)c(F)c1. The van der Waals surface area contributed by atoms with E-state index in [0.717, 1.165) is 45.4 Å². The van der Waals surface area contributed by atoms with Crippen LogP contribution < -0.4 is 15.8 Å². The number of halogens is 4. The van der Waals surface area contributed by atoms with Gasteiger partial charge in [-0.1, -0.05) is 0 Å². The lowest BCUT2D eigenvalue weighted by atomic mass is 10.0. The van der Waals surface area contributed by atoms with Crippen molar-refractivity contribution in [3.8, 4) is 5.75 Å². The summed E-state index contributed by atoms with van der Waals surface area (Å²) in [6.45, 7) is 0.0423. The van der Waals surface area contributed by atoms with Crippen LogP contribution >= 0.6 is 0 Å². The fraction of sp³-hybridized carbons (Fsp3) is 0.250. The highest BCUT2D eigenvalue weighted by molar-refractivity contribution is 5.95. The van der Waals surface area contributed by atoms with Crippen LogP contribution in [0.2, 0.25) is 0 Å². The average Bonchev–Trinajstić information content (AvgIpc) is 2.70. The molecular formula is C20H19F4N3O5. The van der Waals surface area contributed by atoms with Crippen molar-refractivity contribution in [1.29, 1.82) is 5.41 Å². The van der Waals surface area contributed by atoms with Crippen molar-refractivity contribution in [2.75, 3.05) is 14.2 Å². The van der Waals surface area contributed by atoms with E-state index >= 15 is 0 Å². The van der Waals surface area contributed by atoms with Crippen molar-refractivity contribution in [2.45, 2.75) is 19.3 Å². The van der Waals surface area contributed by atoms with Crippen LogP contribution in [0, 0.1) is 28.7 Å². The Bertz CT molecular complexity index is 1030. The van der Waals surface area contributed by atoms with E-state index in [1.54, 1.807) is 0 Å². The van der Waals surface area contributed by atoms with E-state index in [4.69, 9.17) is 25.4 Å². The Morgan fingerprint density at radius 2 is 1.56 bits per heavy atom. The molecule has 0 aliphatic rings. The van der Waals surface area contributed by atoms with E-state index in [9.17, 15) is 27.2 Å². The van der Waals surface area contributed by atoms with Gasteiger partial charge in [-0.2, -0.15) is 0 Å². The number of carbonyl (C=O) groups is 2. The van der Waals surface area contributed by atoms with Crippen molar-refractivity contribution in [2.24, 2.45) is 5.73 Å². The molecule has 0 spiro atoms. The van der Waals surface area contributed by atoms with Crippen molar-refractivity contribution >= 4 is 17.7 Å². The molecule has 0 unspecified atom stereocenters. The first-order valence-electron chi connectivity index (χ1n) is 8.85. The van der Waals surface area contributed by atoms with Gasteiger partial charge in [-0.15, -0.1) is 0 Å². The standard InChI is InChI=1S/C20H19F4N3O5/c1-9(28)32-20(31-3,17-15(23)6-11(30-2)7-16(17)24)19(29)27-8-12-13(21)4-10(18(25)26)5-14(12)22/h4-7H,8H2,1-3H3,(H3,25,26)(H,27,29)/t20-/m0/s1. The molecule has 2 aromatic carbocycles. The third kappa shape index (κ3) is 4.80. The Morgan fingerprint density at radius 3 is 1.97 bits per heavy atom. The predicted molar refractivity (Wildman–Crippen MR) is 103 cm³/mol. The van der Waals surface area contributed by atoms with Gasteiger partial charge in [0.15, 0.2) is 0 Å². The summed E-state index contributed by atoms with van der Waals surface area (Å²) in [4.78, 5) is 24.5. The summed E-state index contributed by atoms with van der Waals surface area (Å²) in [6.07, 6.45) is 0. The number of amidine groups is 1. The highest BCUT2D eigenvalue weighted by Gasteiger charge is 2.49. The molecular weight excluding hydrogens is 438 g/mol. The summed E-state index contributed by atoms with van der Waals surface area (Å²) in [5, 5.41) is 9.27. The summed E-state index contributed by atoms with van der Waals surface area (Å²) >= 11 is 0. The summed E-state index contributed by atoms with van der Waals surface area (Å²) in [5.74, 6) is -11.3. The molecule has 0 fully saturated rings. The van der Waals surface area contributed by atoms with E-state index < -0.39 is 64.4 Å². The number of hydrogen-bond acceptors (Lipinski definition) is 6. The number of esters is 1. The Balaban J connectivity index is 2.48. The first-order valence-corrected chi connectivity index (χ1v) is 8.85. The van der Waals surface area contributed by atoms with E-state index in [-0.39, 0.29) is 11.3 Å². The van der Waals surface area contributed by atoms with Crippen LogP contribution in [0.15, 0.2) is 24.3 Å². The molecule has 1 atom stereocenters. The molecule has 0 saturated heterocycles. The molecule has 2 rings (SSSR count). The molecule has 0 aromatic heterocycles. The van der Waals surface area contributed by atoms with E-state index in [1.807, 2.05) is 5.32 Å². The highest BCUT2D eigenvalue weighted by atomic mass is 19.1. The number of carbonyl (C=O) groups excluding carboxylic acids is 2. The molecule has 1 amide bonds. The van der Waals surface area contributed by atoms with Gasteiger partial charge in [0.1, 0.15) is 40.4 Å². The zero-order valence-corrected chi connectivity index (χ0v) is 17.1. The van der Waals surface area contributed by atoms with Gasteiger partial charge in [-0.25, -0.2) is 17.6 Å². The van der Waals surface area contributed by atoms with Crippen LogP contribution in [0.3, 0.4) is 0 Å². The number of ether oxygens (including phenoxy) is 3. The molecule has 32 heavy (non-hydrogen) atoms. The van der Waals surface area contributed by atoms with Gasteiger partial charge < -0.3 is 25.3 Å². The number of methoxy groups -OCH3 is 2. The summed E-state index contributed by atoms with van der Waals surface area (Å²) < 4.78 is 72.4. The number of benzene rings is 2. The molecule has 8 nitrogen and oxygen atoms in total. The van der Waals surface area contributed by atoms with E-state index in [1.165, 1.54) is 0 Å². The zero-order valence-electron chi connectivity index (χ0n) is 17.1. The minimum Gasteiger partial charge on any atom is -0.497 e. The predicted octanol–water partition coefficient (Wildman–Crippen LogP) is 2.21. The number of nitrogens with two attached hydrogens (primary N) is 1. The second-order valence-corrected chi connectivity index (χ2v) is 6.40. The molecule has 0 aliphatic carbocycles. The number of rotatable bonds is 8. The normalized spacial score (nSPS) is 12.6. The Morgan fingerprint density at radius 1 is 1.03 bits per heavy atom. The maximum Gasteiger partial charge on any atom is 0.326 e. The van der Waals surface area contributed by atoms with Crippen molar-refractivity contribution < 1.29 is 41.4 Å². The highest BCUT2D eigenvalue weighted by Crippen LogP contribution is 2.34. The molecule has 0 aliphatic heterocycles. The fourth-order valence-electron chi connectivity index (χ4n) is 2.84. The third-order valence-electron chi connectivity index (χ3n) is 4.33. The molecule has 0 heterocycles. The fourth-order valence-corrected chi connectivity index (χ4v) is 2.84. The molecule has 12 heteroatoms. The molecule has 172 valence electrons. The van der Waals surface area contributed by atoms with Gasteiger partial charge in [0.05, 0.1) is 7.11 Å². The Hall–Kier alpha value is -3.67. The van der Waals surface area contributed by atoms with Gasteiger partial charge in [0.25, 0.3) is 5.91 Å². The average molecular weight is 457 g/mol. The molecule has 0 saturated carbocycles. The Labute approximate surface area is 179 Å². The summed E-state index contributed by atoms with van der Waals surface area (Å²) in [6, 6.07) is 2.99. The third-order valence-corrected chi connectivity index (χ3v) is 4.33. The largest absolute Gasteiger partial charge is 0.497 e. The maximum absolute atomic E-state index is 14.7. The van der Waals surface area contributed by atoms with Crippen molar-refractivity contribution in [1.82, 2.24) is 5.32 Å². The quantitative estimate of drug-likeness (QED) is 0.184. The maximum atomic E-state index is 14.7. The second-order valence-electron chi connectivity index (χ2n) is 6.40. The first kappa shape index (κ1) is 24.6. The topological polar surface area (TPSA) is 124 Å². The number of hydrogen-bond donors (Lipinski definition) is 3. The second kappa shape index (κ2) is 9.64. The number of nitrogens with one attached hydrogen (secondary N) is 2. The smallest absolute Gasteiger partial charge is 0.326 e. The monoisotopic (exact) mass is 457 g/mol. The van der Waals surface area contributed by atoms with Crippen LogP contribution in [-0.4, -0.2) is 31.9 Å². The number of nitrogen functional groups attached to an aromatic ring is 1. The van der Waals surface area contributed by atoms with Gasteiger partial charge in [0.2, 0.25) is 0 Å². The first-order chi connectivity index (χ1) is 15.0. The van der Waals surface area contributed by atoms with Crippen LogP contribution in [0.5, 0.6) is 5.75 Å². The molecule has 2 aromatic rings. The minimum absolute atomic E-state index is 0.230. The van der Waals surface area contributed by atoms with Crippen LogP contribution in [-0.2, 0) is 31.4 Å². The van der Waals surface area contributed by atoms with Crippen LogP contribution in [0.25, 0.3) is 0 Å². The molecule has 0 radical (unpaired) electrons. The Kier molecular flexibility index (Phi) is 7.41. The van der Waals surface area contributed by atoms with E-state index in [0.29, 0.717) is 0 Å². The van der Waals surface area contributed by atoms with Gasteiger partial charge in [-0.3, -0.25) is 15.0 Å². The molecule has 4 N–H and O–H groups in total. The lowest BCUT2D eigenvalue weighted by Gasteiger charge is -2.31. The van der Waals surface area contributed by atoms with Crippen molar-refractivity contribution in [3.05, 3.63) is 64.2 Å². The summed E-state index contributed by atoms with van der Waals surface area (Å²) in [7, 11) is 1.99. The van der Waals surface area contributed by atoms with Gasteiger partial charge in [0, 0.05) is 43.8 Å². The van der Waals surface area contributed by atoms with E-state index in [2.05, 4.69) is 0 Å². The summed E-state index contributed by atoms with van der Waals surface area (Å²) in [5.41, 5.74) is 3.23. The lowest BCUT2D eigenvalue weighted by Crippen LogP contribution is -2.50. The minimum atomic E-state index is -2.96. The van der Waals surface area contributed by atoms with Gasteiger partial charge in [-0.05, 0) is 12.1 Å². The van der Waals surface area contributed by atoms with Crippen LogP contribution in [0.4, 0.5) is 17.6 Å². The van der Waals surface area contributed by atoms with Gasteiger partial charge >= 0.3 is 11.8 Å². The number of amides is 1. The van der Waals surface area contributed by atoms with Crippen LogP contribution in [0.1, 0.15) is 23.6 Å². The van der Waals surface area contributed by atoms with Crippen molar-refractivity contribution in [3.63, 3.8) is 0 Å².